The van der Waals surface area contributed by atoms with Crippen LogP contribution in [0.3, 0.4) is 0 Å². The van der Waals surface area contributed by atoms with Gasteiger partial charge in [0.2, 0.25) is 0 Å². The molecule has 0 unspecified atom stereocenters. The number of benzene rings is 3. The molecule has 0 aliphatic carbocycles. The number of amides is 1. The maximum atomic E-state index is 13.8. The SMILES string of the molecule is COc1ccc(S(=O)(=O)N2C[C@@H](C(=O)NCCOc3cccc(OC)c3)Oc3ccc(C(C)(C)C)cc32)cc1. The van der Waals surface area contributed by atoms with Crippen molar-refractivity contribution in [1.29, 1.82) is 0 Å². The van der Waals surface area contributed by atoms with E-state index in [1.165, 1.54) is 23.5 Å². The molecule has 1 heterocycles. The first-order valence-corrected chi connectivity index (χ1v) is 14.0. The number of rotatable bonds is 9. The van der Waals surface area contributed by atoms with E-state index in [4.69, 9.17) is 18.9 Å². The Kier molecular flexibility index (Phi) is 8.25. The van der Waals surface area contributed by atoms with Gasteiger partial charge in [-0.05, 0) is 59.5 Å². The summed E-state index contributed by atoms with van der Waals surface area (Å²) in [6.45, 7) is 6.37. The number of carbonyl (C=O) groups is 1. The lowest BCUT2D eigenvalue weighted by molar-refractivity contribution is -0.127. The van der Waals surface area contributed by atoms with Crippen molar-refractivity contribution in [3.8, 4) is 23.0 Å². The molecule has 1 aliphatic rings. The second-order valence-corrected chi connectivity index (χ2v) is 11.9. The van der Waals surface area contributed by atoms with Gasteiger partial charge >= 0.3 is 0 Å². The number of sulfonamides is 1. The van der Waals surface area contributed by atoms with Gasteiger partial charge in [-0.1, -0.05) is 32.9 Å². The van der Waals surface area contributed by atoms with Crippen molar-refractivity contribution in [2.45, 2.75) is 37.2 Å². The normalized spacial score (nSPS) is 15.1. The van der Waals surface area contributed by atoms with Crippen molar-refractivity contribution < 1.29 is 32.2 Å². The van der Waals surface area contributed by atoms with Crippen LogP contribution in [0.25, 0.3) is 0 Å². The first kappa shape index (κ1) is 28.1. The Bertz CT molecular complexity index is 1420. The number of anilines is 1. The minimum atomic E-state index is -4.02. The molecule has 1 amide bonds. The van der Waals surface area contributed by atoms with E-state index in [0.29, 0.717) is 28.7 Å². The molecule has 0 bridgehead atoms. The van der Waals surface area contributed by atoms with Gasteiger partial charge in [-0.15, -0.1) is 0 Å². The zero-order valence-electron chi connectivity index (χ0n) is 22.8. The average Bonchev–Trinajstić information content (AvgIpc) is 2.93. The van der Waals surface area contributed by atoms with Crippen LogP contribution in [0.15, 0.2) is 71.6 Å². The number of hydrogen-bond donors (Lipinski definition) is 1. The molecule has 0 fully saturated rings. The third-order valence-electron chi connectivity index (χ3n) is 6.35. The number of nitrogens with one attached hydrogen (secondary N) is 1. The third-order valence-corrected chi connectivity index (χ3v) is 8.14. The molecule has 3 aromatic carbocycles. The Labute approximate surface area is 229 Å². The summed E-state index contributed by atoms with van der Waals surface area (Å²) < 4.78 is 50.9. The quantitative estimate of drug-likeness (QED) is 0.396. The summed E-state index contributed by atoms with van der Waals surface area (Å²) in [7, 11) is -0.928. The van der Waals surface area contributed by atoms with Gasteiger partial charge in [0.1, 0.15) is 29.6 Å². The number of carbonyl (C=O) groups excluding carboxylic acids is 1. The monoisotopic (exact) mass is 554 g/mol. The number of nitrogens with zero attached hydrogens (tertiary/aromatic N) is 1. The van der Waals surface area contributed by atoms with Gasteiger partial charge in [0.25, 0.3) is 15.9 Å². The highest BCUT2D eigenvalue weighted by molar-refractivity contribution is 7.92. The summed E-state index contributed by atoms with van der Waals surface area (Å²) >= 11 is 0. The Balaban J connectivity index is 1.54. The molecule has 208 valence electrons. The molecule has 4 rings (SSSR count). The lowest BCUT2D eigenvalue weighted by Crippen LogP contribution is -2.51. The minimum Gasteiger partial charge on any atom is -0.497 e. The maximum Gasteiger partial charge on any atom is 0.264 e. The molecular formula is C29H34N2O7S. The van der Waals surface area contributed by atoms with Crippen LogP contribution in [0.5, 0.6) is 23.0 Å². The van der Waals surface area contributed by atoms with E-state index in [9.17, 15) is 13.2 Å². The zero-order chi connectivity index (χ0) is 28.2. The van der Waals surface area contributed by atoms with Crippen LogP contribution < -0.4 is 28.6 Å². The summed E-state index contributed by atoms with van der Waals surface area (Å²) in [5.74, 6) is 1.69. The van der Waals surface area contributed by atoms with Crippen LogP contribution in [0.1, 0.15) is 26.3 Å². The molecule has 1 N–H and O–H groups in total. The summed E-state index contributed by atoms with van der Waals surface area (Å²) in [6.07, 6.45) is -1.05. The highest BCUT2D eigenvalue weighted by Gasteiger charge is 2.38. The first-order valence-electron chi connectivity index (χ1n) is 12.6. The maximum absolute atomic E-state index is 13.8. The molecule has 1 atom stereocenters. The summed E-state index contributed by atoms with van der Waals surface area (Å²) in [5.41, 5.74) is 1.11. The fraction of sp³-hybridized carbons (Fsp3) is 0.345. The lowest BCUT2D eigenvalue weighted by Gasteiger charge is -2.36. The largest absolute Gasteiger partial charge is 0.497 e. The van der Waals surface area contributed by atoms with Crippen LogP contribution in [-0.2, 0) is 20.2 Å². The molecule has 0 spiro atoms. The third kappa shape index (κ3) is 6.39. The van der Waals surface area contributed by atoms with E-state index >= 15 is 0 Å². The highest BCUT2D eigenvalue weighted by atomic mass is 32.2. The van der Waals surface area contributed by atoms with E-state index < -0.39 is 22.0 Å². The van der Waals surface area contributed by atoms with Crippen LogP contribution in [0, 0.1) is 0 Å². The van der Waals surface area contributed by atoms with Gasteiger partial charge in [0, 0.05) is 6.07 Å². The lowest BCUT2D eigenvalue weighted by atomic mass is 9.86. The fourth-order valence-corrected chi connectivity index (χ4v) is 5.57. The van der Waals surface area contributed by atoms with Crippen molar-refractivity contribution >= 4 is 21.6 Å². The highest BCUT2D eigenvalue weighted by Crippen LogP contribution is 2.40. The minimum absolute atomic E-state index is 0.0863. The summed E-state index contributed by atoms with van der Waals surface area (Å²) in [4.78, 5) is 13.2. The molecule has 3 aromatic rings. The van der Waals surface area contributed by atoms with Crippen LogP contribution in [0.2, 0.25) is 0 Å². The number of methoxy groups -OCH3 is 2. The molecule has 1 aliphatic heterocycles. The number of ether oxygens (including phenoxy) is 4. The Morgan fingerprint density at radius 1 is 0.974 bits per heavy atom. The van der Waals surface area contributed by atoms with E-state index in [0.717, 1.165) is 5.56 Å². The first-order chi connectivity index (χ1) is 18.5. The fourth-order valence-electron chi connectivity index (χ4n) is 4.10. The van der Waals surface area contributed by atoms with Gasteiger partial charge < -0.3 is 24.3 Å². The second-order valence-electron chi connectivity index (χ2n) is 10.1. The second kappa shape index (κ2) is 11.4. The van der Waals surface area contributed by atoms with Crippen molar-refractivity contribution in [3.05, 3.63) is 72.3 Å². The van der Waals surface area contributed by atoms with Crippen LogP contribution in [-0.4, -0.2) is 54.3 Å². The molecule has 9 nitrogen and oxygen atoms in total. The smallest absolute Gasteiger partial charge is 0.264 e. The predicted octanol–water partition coefficient (Wildman–Crippen LogP) is 4.15. The number of hydrogen-bond acceptors (Lipinski definition) is 7. The van der Waals surface area contributed by atoms with Gasteiger partial charge in [-0.2, -0.15) is 0 Å². The Morgan fingerprint density at radius 3 is 2.33 bits per heavy atom. The van der Waals surface area contributed by atoms with Crippen LogP contribution in [0.4, 0.5) is 5.69 Å². The van der Waals surface area contributed by atoms with E-state index in [-0.39, 0.29) is 30.0 Å². The Hall–Kier alpha value is -3.92. The molecule has 0 radical (unpaired) electrons. The van der Waals surface area contributed by atoms with E-state index in [1.807, 2.05) is 45.0 Å². The van der Waals surface area contributed by atoms with Crippen molar-refractivity contribution in [3.63, 3.8) is 0 Å². The van der Waals surface area contributed by atoms with Gasteiger partial charge in [-0.3, -0.25) is 9.10 Å². The van der Waals surface area contributed by atoms with Crippen LogP contribution >= 0.6 is 0 Å². The molecule has 39 heavy (non-hydrogen) atoms. The van der Waals surface area contributed by atoms with Gasteiger partial charge in [0.05, 0.1) is 37.9 Å². The average molecular weight is 555 g/mol. The standard InChI is InChI=1S/C29H34N2O7S/c1-29(2,3)20-9-14-26-25(17-20)31(39(33,34)24-12-10-21(35-4)11-13-24)19-27(38-26)28(32)30-15-16-37-23-8-6-7-22(18-23)36-5/h6-14,17-18,27H,15-16,19H2,1-5H3,(H,30,32)/t27-/m0/s1. The van der Waals surface area contributed by atoms with Crippen molar-refractivity contribution in [1.82, 2.24) is 5.32 Å². The topological polar surface area (TPSA) is 103 Å². The van der Waals surface area contributed by atoms with E-state index in [2.05, 4.69) is 5.32 Å². The summed E-state index contributed by atoms with van der Waals surface area (Å²) in [5, 5.41) is 2.79. The number of fused-ring (bicyclic) bond motifs is 1. The molecule has 0 aromatic heterocycles. The molecular weight excluding hydrogens is 520 g/mol. The predicted molar refractivity (Wildman–Crippen MR) is 149 cm³/mol. The van der Waals surface area contributed by atoms with Gasteiger partial charge in [-0.25, -0.2) is 8.42 Å². The molecule has 10 heteroatoms. The zero-order valence-corrected chi connectivity index (χ0v) is 23.6. The van der Waals surface area contributed by atoms with Gasteiger partial charge in [0.15, 0.2) is 6.10 Å². The van der Waals surface area contributed by atoms with Crippen molar-refractivity contribution in [2.75, 3.05) is 38.2 Å². The van der Waals surface area contributed by atoms with Crippen molar-refractivity contribution in [2.24, 2.45) is 0 Å². The molecule has 0 saturated heterocycles. The van der Waals surface area contributed by atoms with E-state index in [1.54, 1.807) is 37.4 Å². The summed E-state index contributed by atoms with van der Waals surface area (Å²) in [6, 6.07) is 18.7. The molecule has 0 saturated carbocycles. The Morgan fingerprint density at radius 2 is 1.67 bits per heavy atom.